The summed E-state index contributed by atoms with van der Waals surface area (Å²) < 4.78 is 0. The Kier molecular flexibility index (Phi) is 3.39. The summed E-state index contributed by atoms with van der Waals surface area (Å²) in [6, 6.07) is 11.3. The second-order valence-electron chi connectivity index (χ2n) is 3.94. The quantitative estimate of drug-likeness (QED) is 0.801. The fraction of sp³-hybridized carbons (Fsp3) is 0.154. The maximum Gasteiger partial charge on any atom is 0.167 e. The zero-order chi connectivity index (χ0) is 13.0. The minimum atomic E-state index is 0.0226. The molecule has 1 heterocycles. The van der Waals surface area contributed by atoms with Crippen LogP contribution in [0.5, 0.6) is 0 Å². The normalized spacial score (nSPS) is 11.6. The zero-order valence-electron chi connectivity index (χ0n) is 9.96. The lowest BCUT2D eigenvalue weighted by Crippen LogP contribution is -2.09. The topological polar surface area (TPSA) is 87.6 Å². The van der Waals surface area contributed by atoms with Gasteiger partial charge in [-0.1, -0.05) is 12.1 Å². The van der Waals surface area contributed by atoms with Gasteiger partial charge in [-0.25, -0.2) is 0 Å². The Bertz CT molecular complexity index is 571. The Morgan fingerprint density at radius 2 is 2.00 bits per heavy atom. The lowest BCUT2D eigenvalue weighted by molar-refractivity contribution is 0.859. The molecule has 2 aromatic rings. The summed E-state index contributed by atoms with van der Waals surface area (Å²) >= 11 is 0. The van der Waals surface area contributed by atoms with Crippen LogP contribution in [0.3, 0.4) is 0 Å². The molecule has 0 fully saturated rings. The summed E-state index contributed by atoms with van der Waals surface area (Å²) in [5, 5.41) is 19.8. The average Bonchev–Trinajstić information content (AvgIpc) is 2.40. The number of nitrogen functional groups attached to an aromatic ring is 1. The van der Waals surface area contributed by atoms with Crippen LogP contribution in [0.25, 0.3) is 0 Å². The van der Waals surface area contributed by atoms with E-state index >= 15 is 0 Å². The molecule has 1 atom stereocenters. The van der Waals surface area contributed by atoms with E-state index in [1.165, 1.54) is 6.20 Å². The van der Waals surface area contributed by atoms with Crippen molar-refractivity contribution in [2.75, 3.05) is 11.1 Å². The second-order valence-corrected chi connectivity index (χ2v) is 3.94. The van der Waals surface area contributed by atoms with E-state index in [4.69, 9.17) is 11.0 Å². The summed E-state index contributed by atoms with van der Waals surface area (Å²) in [4.78, 5) is 0. The first-order valence-corrected chi connectivity index (χ1v) is 5.54. The van der Waals surface area contributed by atoms with E-state index in [1.807, 2.05) is 31.2 Å². The Morgan fingerprint density at radius 1 is 1.28 bits per heavy atom. The molecule has 0 aliphatic heterocycles. The number of hydrogen-bond donors (Lipinski definition) is 2. The van der Waals surface area contributed by atoms with Crippen LogP contribution in [0.4, 0.5) is 11.5 Å². The number of nitriles is 1. The van der Waals surface area contributed by atoms with Gasteiger partial charge in [0.05, 0.1) is 17.8 Å². The van der Waals surface area contributed by atoms with E-state index in [0.717, 1.165) is 11.3 Å². The SMILES string of the molecule is CC(Nc1nnccc1C#N)c1ccc(N)cc1. The molecule has 1 unspecified atom stereocenters. The van der Waals surface area contributed by atoms with Gasteiger partial charge in [0.15, 0.2) is 5.82 Å². The highest BCUT2D eigenvalue weighted by molar-refractivity contribution is 5.52. The first kappa shape index (κ1) is 11.9. The summed E-state index contributed by atoms with van der Waals surface area (Å²) in [5.74, 6) is 0.490. The van der Waals surface area contributed by atoms with Gasteiger partial charge < -0.3 is 11.1 Å². The molecule has 1 aromatic carbocycles. The smallest absolute Gasteiger partial charge is 0.167 e. The molecule has 5 nitrogen and oxygen atoms in total. The highest BCUT2D eigenvalue weighted by atomic mass is 15.2. The zero-order valence-corrected chi connectivity index (χ0v) is 9.96. The predicted molar refractivity (Wildman–Crippen MR) is 69.6 cm³/mol. The minimum absolute atomic E-state index is 0.0226. The Hall–Kier alpha value is -2.61. The molecule has 0 aliphatic carbocycles. The molecule has 0 aliphatic rings. The van der Waals surface area contributed by atoms with Gasteiger partial charge in [-0.2, -0.15) is 10.4 Å². The highest BCUT2D eigenvalue weighted by Gasteiger charge is 2.09. The van der Waals surface area contributed by atoms with Gasteiger partial charge in [0.25, 0.3) is 0 Å². The van der Waals surface area contributed by atoms with Crippen molar-refractivity contribution in [3.05, 3.63) is 47.7 Å². The molecule has 90 valence electrons. The molecule has 0 saturated heterocycles. The van der Waals surface area contributed by atoms with Crippen LogP contribution in [0.1, 0.15) is 24.1 Å². The van der Waals surface area contributed by atoms with Crippen LogP contribution in [0.15, 0.2) is 36.5 Å². The number of anilines is 2. The lowest BCUT2D eigenvalue weighted by Gasteiger charge is -2.15. The lowest BCUT2D eigenvalue weighted by atomic mass is 10.1. The molecule has 0 radical (unpaired) electrons. The predicted octanol–water partition coefficient (Wildman–Crippen LogP) is 2.10. The fourth-order valence-corrected chi connectivity index (χ4v) is 1.60. The van der Waals surface area contributed by atoms with Crippen molar-refractivity contribution in [2.45, 2.75) is 13.0 Å². The van der Waals surface area contributed by atoms with E-state index < -0.39 is 0 Å². The third-order valence-electron chi connectivity index (χ3n) is 2.63. The monoisotopic (exact) mass is 239 g/mol. The van der Waals surface area contributed by atoms with Crippen LogP contribution in [-0.2, 0) is 0 Å². The Balaban J connectivity index is 2.19. The van der Waals surface area contributed by atoms with Gasteiger partial charge in [0, 0.05) is 5.69 Å². The van der Waals surface area contributed by atoms with E-state index in [0.29, 0.717) is 11.4 Å². The maximum atomic E-state index is 8.96. The van der Waals surface area contributed by atoms with Crippen LogP contribution in [0.2, 0.25) is 0 Å². The number of aromatic nitrogens is 2. The molecular weight excluding hydrogens is 226 g/mol. The molecule has 18 heavy (non-hydrogen) atoms. The third-order valence-corrected chi connectivity index (χ3v) is 2.63. The van der Waals surface area contributed by atoms with Crippen LogP contribution in [-0.4, -0.2) is 10.2 Å². The number of rotatable bonds is 3. The van der Waals surface area contributed by atoms with E-state index in [-0.39, 0.29) is 6.04 Å². The van der Waals surface area contributed by atoms with E-state index in [2.05, 4.69) is 21.6 Å². The van der Waals surface area contributed by atoms with Gasteiger partial charge >= 0.3 is 0 Å². The summed E-state index contributed by atoms with van der Waals surface area (Å²) in [6.07, 6.45) is 1.50. The van der Waals surface area contributed by atoms with E-state index in [9.17, 15) is 0 Å². The third kappa shape index (κ3) is 2.55. The van der Waals surface area contributed by atoms with Crippen LogP contribution >= 0.6 is 0 Å². The highest BCUT2D eigenvalue weighted by Crippen LogP contribution is 2.20. The van der Waals surface area contributed by atoms with Gasteiger partial charge in [0.2, 0.25) is 0 Å². The first-order chi connectivity index (χ1) is 8.70. The Labute approximate surface area is 105 Å². The van der Waals surface area contributed by atoms with Crippen molar-refractivity contribution in [1.29, 1.82) is 5.26 Å². The fourth-order valence-electron chi connectivity index (χ4n) is 1.60. The largest absolute Gasteiger partial charge is 0.399 e. The molecule has 2 rings (SSSR count). The van der Waals surface area contributed by atoms with Gasteiger partial charge in [-0.05, 0) is 30.7 Å². The van der Waals surface area contributed by atoms with Crippen molar-refractivity contribution in [1.82, 2.24) is 10.2 Å². The van der Waals surface area contributed by atoms with Crippen molar-refractivity contribution in [3.63, 3.8) is 0 Å². The minimum Gasteiger partial charge on any atom is -0.399 e. The summed E-state index contributed by atoms with van der Waals surface area (Å²) in [5.41, 5.74) is 7.91. The molecule has 0 spiro atoms. The summed E-state index contributed by atoms with van der Waals surface area (Å²) in [7, 11) is 0. The molecule has 0 amide bonds. The van der Waals surface area contributed by atoms with Crippen molar-refractivity contribution < 1.29 is 0 Å². The molecule has 1 aromatic heterocycles. The second kappa shape index (κ2) is 5.15. The van der Waals surface area contributed by atoms with Crippen molar-refractivity contribution in [3.8, 4) is 6.07 Å². The van der Waals surface area contributed by atoms with Crippen molar-refractivity contribution in [2.24, 2.45) is 0 Å². The van der Waals surface area contributed by atoms with Crippen LogP contribution in [0, 0.1) is 11.3 Å². The molecule has 5 heteroatoms. The van der Waals surface area contributed by atoms with Crippen molar-refractivity contribution >= 4 is 11.5 Å². The van der Waals surface area contributed by atoms with Gasteiger partial charge in [-0.15, -0.1) is 5.10 Å². The standard InChI is InChI=1S/C13H13N5/c1-9(10-2-4-12(15)5-3-10)17-13-11(8-14)6-7-16-18-13/h2-7,9H,15H2,1H3,(H,17,18). The number of hydrogen-bond acceptors (Lipinski definition) is 5. The average molecular weight is 239 g/mol. The Morgan fingerprint density at radius 3 is 2.67 bits per heavy atom. The van der Waals surface area contributed by atoms with E-state index in [1.54, 1.807) is 6.07 Å². The molecule has 0 bridgehead atoms. The first-order valence-electron chi connectivity index (χ1n) is 5.54. The maximum absolute atomic E-state index is 8.96. The van der Waals surface area contributed by atoms with Gasteiger partial charge in [0.1, 0.15) is 6.07 Å². The summed E-state index contributed by atoms with van der Waals surface area (Å²) in [6.45, 7) is 1.99. The molecule has 3 N–H and O–H groups in total. The van der Waals surface area contributed by atoms with Gasteiger partial charge in [-0.3, -0.25) is 0 Å². The number of nitrogens with one attached hydrogen (secondary N) is 1. The number of benzene rings is 1. The molecule has 0 saturated carbocycles. The molecular formula is C13H13N5. The van der Waals surface area contributed by atoms with Crippen LogP contribution < -0.4 is 11.1 Å². The number of nitrogens with zero attached hydrogens (tertiary/aromatic N) is 3. The number of nitrogens with two attached hydrogens (primary N) is 1.